The van der Waals surface area contributed by atoms with Crippen molar-refractivity contribution in [2.75, 3.05) is 18.2 Å². The molecule has 0 bridgehead atoms. The van der Waals surface area contributed by atoms with Crippen molar-refractivity contribution in [3.63, 3.8) is 0 Å². The van der Waals surface area contributed by atoms with Gasteiger partial charge in [0.2, 0.25) is 17.3 Å². The van der Waals surface area contributed by atoms with Crippen LogP contribution in [0.15, 0.2) is 65.8 Å². The molecule has 7 heteroatoms. The molecule has 0 saturated carbocycles. The number of hydrogen-bond donors (Lipinski definition) is 1. The summed E-state index contributed by atoms with van der Waals surface area (Å²) in [5.74, 6) is 2.17. The molecule has 0 saturated heterocycles. The number of anilines is 1. The molecule has 0 radical (unpaired) electrons. The Balaban J connectivity index is 1.65. The number of unbranched alkanes of at least 4 members (excludes halogenated alkanes) is 1. The smallest absolute Gasteiger partial charge is 0.247 e. The average molecular weight is 445 g/mol. The molecule has 2 heterocycles. The topological polar surface area (TPSA) is 69.2 Å². The first kappa shape index (κ1) is 20.6. The molecule has 0 aliphatic carbocycles. The van der Waals surface area contributed by atoms with E-state index in [9.17, 15) is 0 Å². The highest BCUT2D eigenvalue weighted by molar-refractivity contribution is 7.99. The minimum absolute atomic E-state index is 0.469. The van der Waals surface area contributed by atoms with Gasteiger partial charge in [0, 0.05) is 17.0 Å². The van der Waals surface area contributed by atoms with Crippen LogP contribution in [-0.4, -0.2) is 28.0 Å². The lowest BCUT2D eigenvalue weighted by Crippen LogP contribution is -2.18. The van der Waals surface area contributed by atoms with Gasteiger partial charge in [0.25, 0.3) is 0 Å². The Morgan fingerprint density at radius 1 is 1.03 bits per heavy atom. The van der Waals surface area contributed by atoms with Crippen molar-refractivity contribution in [3.05, 3.63) is 66.2 Å². The van der Waals surface area contributed by atoms with E-state index in [4.69, 9.17) is 14.5 Å². The van der Waals surface area contributed by atoms with Crippen molar-refractivity contribution in [1.82, 2.24) is 15.2 Å². The molecule has 1 aliphatic rings. The first-order chi connectivity index (χ1) is 15.8. The molecule has 0 unspecified atom stereocenters. The van der Waals surface area contributed by atoms with Crippen molar-refractivity contribution in [3.8, 4) is 22.9 Å². The van der Waals surface area contributed by atoms with Gasteiger partial charge in [0.05, 0.1) is 12.7 Å². The molecule has 1 atom stereocenters. The van der Waals surface area contributed by atoms with Crippen molar-refractivity contribution >= 4 is 28.2 Å². The summed E-state index contributed by atoms with van der Waals surface area (Å²) in [4.78, 5) is 4.74. The van der Waals surface area contributed by atoms with Gasteiger partial charge in [-0.3, -0.25) is 0 Å². The Morgan fingerprint density at radius 2 is 1.88 bits per heavy atom. The van der Waals surface area contributed by atoms with Crippen LogP contribution >= 0.6 is 11.8 Å². The number of para-hydroxylation sites is 1. The van der Waals surface area contributed by atoms with Crippen molar-refractivity contribution < 1.29 is 9.47 Å². The van der Waals surface area contributed by atoms with E-state index in [-0.39, 0.29) is 0 Å². The summed E-state index contributed by atoms with van der Waals surface area (Å²) in [6.45, 7) is 2.17. The van der Waals surface area contributed by atoms with Crippen LogP contribution in [0, 0.1) is 0 Å². The number of benzene rings is 3. The standard InChI is InChI=1S/C25H24N4O2S/c1-3-4-15-32-25-27-24-22(28-29-25)18-11-7-8-12-19(18)26-23(31-24)21-17-10-6-5-9-16(17)13-14-20(21)30-2/h5-14,23,26H,3-4,15H2,1-2H3/t23-/m0/s1. The fraction of sp³-hybridized carbons (Fsp3) is 0.240. The summed E-state index contributed by atoms with van der Waals surface area (Å²) in [6.07, 6.45) is 1.72. The van der Waals surface area contributed by atoms with Crippen LogP contribution in [0.1, 0.15) is 31.6 Å². The Labute approximate surface area is 191 Å². The minimum Gasteiger partial charge on any atom is -0.496 e. The zero-order valence-corrected chi connectivity index (χ0v) is 18.9. The van der Waals surface area contributed by atoms with Gasteiger partial charge in [-0.2, -0.15) is 4.98 Å². The molecular weight excluding hydrogens is 420 g/mol. The molecule has 0 spiro atoms. The van der Waals surface area contributed by atoms with Crippen LogP contribution in [0.4, 0.5) is 5.69 Å². The number of rotatable bonds is 6. The third-order valence-corrected chi connectivity index (χ3v) is 6.40. The van der Waals surface area contributed by atoms with Gasteiger partial charge in [0.1, 0.15) is 5.75 Å². The number of hydrogen-bond acceptors (Lipinski definition) is 7. The first-order valence-electron chi connectivity index (χ1n) is 10.7. The minimum atomic E-state index is -0.511. The summed E-state index contributed by atoms with van der Waals surface area (Å²) < 4.78 is 12.2. The maximum atomic E-state index is 6.50. The van der Waals surface area contributed by atoms with Crippen LogP contribution in [0.2, 0.25) is 0 Å². The van der Waals surface area contributed by atoms with E-state index in [1.807, 2.05) is 42.5 Å². The highest BCUT2D eigenvalue weighted by Crippen LogP contribution is 2.43. The highest BCUT2D eigenvalue weighted by atomic mass is 32.2. The fourth-order valence-corrected chi connectivity index (χ4v) is 4.73. The summed E-state index contributed by atoms with van der Waals surface area (Å²) in [7, 11) is 1.68. The largest absolute Gasteiger partial charge is 0.496 e. The Hall–Kier alpha value is -3.32. The number of aromatic nitrogens is 3. The molecule has 162 valence electrons. The van der Waals surface area contributed by atoms with Crippen molar-refractivity contribution in [2.45, 2.75) is 31.1 Å². The van der Waals surface area contributed by atoms with Crippen LogP contribution in [0.5, 0.6) is 11.6 Å². The lowest BCUT2D eigenvalue weighted by Gasteiger charge is -2.23. The van der Waals surface area contributed by atoms with Gasteiger partial charge in [0.15, 0.2) is 5.69 Å². The second-order valence-corrected chi connectivity index (χ2v) is 8.60. The number of thioether (sulfide) groups is 1. The maximum Gasteiger partial charge on any atom is 0.247 e. The molecule has 6 nitrogen and oxygen atoms in total. The molecule has 4 aromatic rings. The maximum absolute atomic E-state index is 6.50. The Morgan fingerprint density at radius 3 is 2.75 bits per heavy atom. The molecule has 1 N–H and O–H groups in total. The lowest BCUT2D eigenvalue weighted by molar-refractivity contribution is 0.221. The van der Waals surface area contributed by atoms with E-state index in [2.05, 4.69) is 40.6 Å². The molecule has 1 aromatic heterocycles. The third-order valence-electron chi connectivity index (χ3n) is 5.48. The number of nitrogens with zero attached hydrogens (tertiary/aromatic N) is 3. The van der Waals surface area contributed by atoms with Gasteiger partial charge in [-0.1, -0.05) is 73.6 Å². The summed E-state index contributed by atoms with van der Waals surface area (Å²) >= 11 is 1.60. The SMILES string of the molecule is CCCCSc1nnc2c(n1)O[C@@H](c1c(OC)ccc3ccccc13)Nc1ccccc1-2. The van der Waals surface area contributed by atoms with Crippen LogP contribution < -0.4 is 14.8 Å². The van der Waals surface area contributed by atoms with Crippen LogP contribution in [0.25, 0.3) is 22.0 Å². The lowest BCUT2D eigenvalue weighted by atomic mass is 10.0. The van der Waals surface area contributed by atoms with Crippen LogP contribution in [-0.2, 0) is 0 Å². The Kier molecular flexibility index (Phi) is 5.81. The second-order valence-electron chi connectivity index (χ2n) is 7.54. The number of ether oxygens (including phenoxy) is 2. The molecule has 5 rings (SSSR count). The van der Waals surface area contributed by atoms with E-state index in [0.717, 1.165) is 51.9 Å². The van der Waals surface area contributed by atoms with E-state index in [0.29, 0.717) is 16.7 Å². The zero-order valence-electron chi connectivity index (χ0n) is 18.0. The normalized spacial score (nSPS) is 14.6. The van der Waals surface area contributed by atoms with Crippen molar-refractivity contribution in [1.29, 1.82) is 0 Å². The van der Waals surface area contributed by atoms with Crippen LogP contribution in [0.3, 0.4) is 0 Å². The Bertz CT molecular complexity index is 1260. The zero-order chi connectivity index (χ0) is 21.9. The van der Waals surface area contributed by atoms with Gasteiger partial charge in [-0.05, 0) is 29.3 Å². The number of nitrogens with one attached hydrogen (secondary N) is 1. The van der Waals surface area contributed by atoms with E-state index >= 15 is 0 Å². The predicted octanol–water partition coefficient (Wildman–Crippen LogP) is 6.10. The summed E-state index contributed by atoms with van der Waals surface area (Å²) in [6, 6.07) is 20.3. The molecule has 32 heavy (non-hydrogen) atoms. The van der Waals surface area contributed by atoms with E-state index in [1.54, 1.807) is 18.9 Å². The van der Waals surface area contributed by atoms with E-state index in [1.165, 1.54) is 0 Å². The molecule has 3 aromatic carbocycles. The van der Waals surface area contributed by atoms with E-state index < -0.39 is 6.23 Å². The molecule has 0 fully saturated rings. The summed E-state index contributed by atoms with van der Waals surface area (Å²) in [5, 5.41) is 15.2. The predicted molar refractivity (Wildman–Crippen MR) is 128 cm³/mol. The molecular formula is C25H24N4O2S. The van der Waals surface area contributed by atoms with Gasteiger partial charge >= 0.3 is 0 Å². The highest BCUT2D eigenvalue weighted by Gasteiger charge is 2.29. The van der Waals surface area contributed by atoms with Gasteiger partial charge in [-0.25, -0.2) is 0 Å². The fourth-order valence-electron chi connectivity index (χ4n) is 3.87. The van der Waals surface area contributed by atoms with Crippen molar-refractivity contribution in [2.24, 2.45) is 0 Å². The van der Waals surface area contributed by atoms with Gasteiger partial charge < -0.3 is 14.8 Å². The molecule has 0 amide bonds. The second kappa shape index (κ2) is 9.04. The molecule has 1 aliphatic heterocycles. The van der Waals surface area contributed by atoms with Gasteiger partial charge in [-0.15, -0.1) is 10.2 Å². The third kappa shape index (κ3) is 3.84. The number of fused-ring (bicyclic) bond motifs is 4. The first-order valence-corrected chi connectivity index (χ1v) is 11.7. The summed E-state index contributed by atoms with van der Waals surface area (Å²) in [5.41, 5.74) is 3.38. The monoisotopic (exact) mass is 444 g/mol. The average Bonchev–Trinajstić information content (AvgIpc) is 2.99. The quantitative estimate of drug-likeness (QED) is 0.285. The number of methoxy groups -OCH3 is 1.